The van der Waals surface area contributed by atoms with Gasteiger partial charge in [-0.2, -0.15) is 0 Å². The molecule has 0 aliphatic carbocycles. The highest BCUT2D eigenvalue weighted by molar-refractivity contribution is 7.15. The van der Waals surface area contributed by atoms with Crippen molar-refractivity contribution in [1.29, 1.82) is 0 Å². The van der Waals surface area contributed by atoms with Crippen LogP contribution in [0, 0.1) is 0 Å². The number of carbonyl (C=O) groups excluding carboxylic acids is 2. The highest BCUT2D eigenvalue weighted by atomic mass is 32.1. The number of carbonyl (C=O) groups is 3. The minimum absolute atomic E-state index is 0.00668. The maximum Gasteiger partial charge on any atom is 0.335 e. The van der Waals surface area contributed by atoms with Crippen LogP contribution < -0.4 is 15.0 Å². The highest BCUT2D eigenvalue weighted by Gasteiger charge is 2.29. The van der Waals surface area contributed by atoms with Gasteiger partial charge in [-0.25, -0.2) is 4.79 Å². The van der Waals surface area contributed by atoms with E-state index in [4.69, 9.17) is 14.6 Å². The normalized spacial score (nSPS) is 18.5. The van der Waals surface area contributed by atoms with E-state index in [1.807, 2.05) is 0 Å². The second-order valence-corrected chi connectivity index (χ2v) is 7.26. The van der Waals surface area contributed by atoms with Crippen LogP contribution in [0.25, 0.3) is 0 Å². The van der Waals surface area contributed by atoms with Crippen molar-refractivity contribution in [3.8, 4) is 5.75 Å². The Morgan fingerprint density at radius 2 is 2.21 bits per heavy atom. The van der Waals surface area contributed by atoms with E-state index in [1.165, 1.54) is 34.4 Å². The zero-order valence-electron chi connectivity index (χ0n) is 14.6. The topological polar surface area (TPSA) is 131 Å². The first-order valence-electron chi connectivity index (χ1n) is 8.56. The standard InChI is InChI=1S/C17H16N4O6S/c22-13(18-17-20-19-15(28-17)12-2-1-5-26-12)7-21-10-6-9(16(24)25)3-4-11(10)27-8-14(21)23/h3-4,6,12H,1-2,5,7-8H2,(H,24,25)(H,18,20,22). The number of hydrogen-bond acceptors (Lipinski definition) is 8. The van der Waals surface area contributed by atoms with Crippen molar-refractivity contribution in [2.24, 2.45) is 0 Å². The minimum Gasteiger partial charge on any atom is -0.482 e. The van der Waals surface area contributed by atoms with E-state index in [9.17, 15) is 14.4 Å². The molecule has 10 nitrogen and oxygen atoms in total. The first-order chi connectivity index (χ1) is 13.5. The fourth-order valence-corrected chi connectivity index (χ4v) is 3.84. The van der Waals surface area contributed by atoms with Crippen molar-refractivity contribution in [2.45, 2.75) is 18.9 Å². The summed E-state index contributed by atoms with van der Waals surface area (Å²) in [5.74, 6) is -1.71. The van der Waals surface area contributed by atoms with E-state index in [2.05, 4.69) is 15.5 Å². The number of fused-ring (bicyclic) bond motifs is 1. The van der Waals surface area contributed by atoms with E-state index >= 15 is 0 Å². The number of ether oxygens (including phenoxy) is 2. The van der Waals surface area contributed by atoms with E-state index < -0.39 is 17.8 Å². The third-order valence-electron chi connectivity index (χ3n) is 4.34. The fraction of sp³-hybridized carbons (Fsp3) is 0.353. The van der Waals surface area contributed by atoms with Gasteiger partial charge < -0.3 is 14.6 Å². The molecule has 1 aromatic heterocycles. The zero-order chi connectivity index (χ0) is 19.7. The average molecular weight is 404 g/mol. The zero-order valence-corrected chi connectivity index (χ0v) is 15.4. The van der Waals surface area contributed by atoms with E-state index in [1.54, 1.807) is 0 Å². The van der Waals surface area contributed by atoms with E-state index in [0.29, 0.717) is 22.5 Å². The lowest BCUT2D eigenvalue weighted by molar-refractivity contribution is -0.123. The lowest BCUT2D eigenvalue weighted by Gasteiger charge is -2.28. The number of amides is 2. The van der Waals surface area contributed by atoms with Gasteiger partial charge in [0.25, 0.3) is 5.91 Å². The molecule has 146 valence electrons. The molecule has 1 fully saturated rings. The summed E-state index contributed by atoms with van der Waals surface area (Å²) in [6, 6.07) is 4.15. The molecule has 0 radical (unpaired) electrons. The second kappa shape index (κ2) is 7.52. The van der Waals surface area contributed by atoms with Crippen LogP contribution in [0.1, 0.15) is 34.3 Å². The van der Waals surface area contributed by atoms with Crippen LogP contribution in [0.4, 0.5) is 10.8 Å². The van der Waals surface area contributed by atoms with Gasteiger partial charge in [0.15, 0.2) is 6.61 Å². The van der Waals surface area contributed by atoms with Gasteiger partial charge in [0.2, 0.25) is 11.0 Å². The number of aromatic carboxylic acids is 1. The van der Waals surface area contributed by atoms with Crippen molar-refractivity contribution >= 4 is 39.9 Å². The van der Waals surface area contributed by atoms with Gasteiger partial charge in [-0.3, -0.25) is 19.8 Å². The molecule has 1 saturated heterocycles. The molecular formula is C17H16N4O6S. The van der Waals surface area contributed by atoms with Crippen molar-refractivity contribution < 1.29 is 29.0 Å². The van der Waals surface area contributed by atoms with Crippen molar-refractivity contribution in [1.82, 2.24) is 10.2 Å². The van der Waals surface area contributed by atoms with Crippen LogP contribution in [0.15, 0.2) is 18.2 Å². The number of nitrogens with zero attached hydrogens (tertiary/aromatic N) is 3. The van der Waals surface area contributed by atoms with Crippen LogP contribution in [-0.2, 0) is 14.3 Å². The van der Waals surface area contributed by atoms with Crippen LogP contribution in [-0.4, -0.2) is 52.8 Å². The molecule has 28 heavy (non-hydrogen) atoms. The molecule has 1 atom stereocenters. The summed E-state index contributed by atoms with van der Waals surface area (Å²) in [6.45, 7) is 0.157. The maximum atomic E-state index is 12.4. The largest absolute Gasteiger partial charge is 0.482 e. The van der Waals surface area contributed by atoms with Crippen LogP contribution >= 0.6 is 11.3 Å². The monoisotopic (exact) mass is 404 g/mol. The molecule has 3 heterocycles. The summed E-state index contributed by atoms with van der Waals surface area (Å²) < 4.78 is 10.9. The molecular weight excluding hydrogens is 388 g/mol. The van der Waals surface area contributed by atoms with Gasteiger partial charge in [-0.05, 0) is 31.0 Å². The van der Waals surface area contributed by atoms with Gasteiger partial charge >= 0.3 is 5.97 Å². The molecule has 0 bridgehead atoms. The van der Waals surface area contributed by atoms with E-state index in [-0.39, 0.29) is 30.5 Å². The van der Waals surface area contributed by atoms with Crippen LogP contribution in [0.2, 0.25) is 0 Å². The first-order valence-corrected chi connectivity index (χ1v) is 9.38. The second-order valence-electron chi connectivity index (χ2n) is 6.25. The van der Waals surface area contributed by atoms with Crippen LogP contribution in [0.5, 0.6) is 5.75 Å². The molecule has 2 aliphatic heterocycles. The Morgan fingerprint density at radius 3 is 2.96 bits per heavy atom. The number of aromatic nitrogens is 2. The molecule has 2 aliphatic rings. The molecule has 2 N–H and O–H groups in total. The van der Waals surface area contributed by atoms with Gasteiger partial charge in [0.1, 0.15) is 23.4 Å². The summed E-state index contributed by atoms with van der Waals surface area (Å²) in [5.41, 5.74) is 0.233. The fourth-order valence-electron chi connectivity index (χ4n) is 3.00. The molecule has 1 aromatic carbocycles. The molecule has 4 rings (SSSR count). The molecule has 1 unspecified atom stereocenters. The number of carboxylic acids is 1. The molecule has 0 spiro atoms. The number of rotatable bonds is 5. The minimum atomic E-state index is -1.14. The predicted molar refractivity (Wildman–Crippen MR) is 97.7 cm³/mol. The lowest BCUT2D eigenvalue weighted by atomic mass is 10.1. The Morgan fingerprint density at radius 1 is 1.36 bits per heavy atom. The number of anilines is 2. The molecule has 2 aromatic rings. The molecule has 0 saturated carbocycles. The smallest absolute Gasteiger partial charge is 0.335 e. The summed E-state index contributed by atoms with van der Waals surface area (Å²) in [6.07, 6.45) is 1.74. The Kier molecular flexibility index (Phi) is 4.92. The number of hydrogen-bond donors (Lipinski definition) is 2. The Bertz CT molecular complexity index is 939. The highest BCUT2D eigenvalue weighted by Crippen LogP contribution is 2.34. The summed E-state index contributed by atoms with van der Waals surface area (Å²) in [5, 5.41) is 20.8. The Balaban J connectivity index is 1.48. The van der Waals surface area contributed by atoms with Crippen molar-refractivity contribution in [3.63, 3.8) is 0 Å². The summed E-state index contributed by atoms with van der Waals surface area (Å²) >= 11 is 1.23. The number of benzene rings is 1. The van der Waals surface area contributed by atoms with E-state index in [0.717, 1.165) is 12.8 Å². The van der Waals surface area contributed by atoms with Crippen molar-refractivity contribution in [2.75, 3.05) is 30.0 Å². The van der Waals surface area contributed by atoms with Gasteiger partial charge in [-0.15, -0.1) is 10.2 Å². The number of carboxylic acid groups (broad SMARTS) is 1. The molecule has 11 heteroatoms. The van der Waals surface area contributed by atoms with Gasteiger partial charge in [0.05, 0.1) is 11.3 Å². The first kappa shape index (κ1) is 18.3. The third kappa shape index (κ3) is 3.66. The SMILES string of the molecule is O=C(CN1C(=O)COc2ccc(C(=O)O)cc21)Nc1nnc(C2CCCO2)s1. The van der Waals surface area contributed by atoms with Crippen molar-refractivity contribution in [3.05, 3.63) is 28.8 Å². The third-order valence-corrected chi connectivity index (χ3v) is 5.27. The predicted octanol–water partition coefficient (Wildman–Crippen LogP) is 1.45. The Hall–Kier alpha value is -3.05. The summed E-state index contributed by atoms with van der Waals surface area (Å²) in [7, 11) is 0. The van der Waals surface area contributed by atoms with Crippen LogP contribution in [0.3, 0.4) is 0 Å². The number of nitrogens with one attached hydrogen (secondary N) is 1. The molecule has 2 amide bonds. The average Bonchev–Trinajstić information content (AvgIpc) is 3.35. The quantitative estimate of drug-likeness (QED) is 0.766. The van der Waals surface area contributed by atoms with Gasteiger partial charge in [-0.1, -0.05) is 11.3 Å². The van der Waals surface area contributed by atoms with Gasteiger partial charge in [0, 0.05) is 6.61 Å². The summed E-state index contributed by atoms with van der Waals surface area (Å²) in [4.78, 5) is 37.1. The lowest BCUT2D eigenvalue weighted by Crippen LogP contribution is -2.43. The Labute approximate surface area is 163 Å². The maximum absolute atomic E-state index is 12.4.